The summed E-state index contributed by atoms with van der Waals surface area (Å²) in [6.07, 6.45) is 1.66. The molecule has 2 aromatic heterocycles. The first-order valence-corrected chi connectivity index (χ1v) is 5.05. The lowest BCUT2D eigenvalue weighted by atomic mass is 10.2. The number of nitrogens with zero attached hydrogens (tertiary/aromatic N) is 3. The zero-order chi connectivity index (χ0) is 12.3. The van der Waals surface area contributed by atoms with Gasteiger partial charge in [-0.3, -0.25) is 0 Å². The number of rotatable bonds is 3. The molecule has 0 spiro atoms. The van der Waals surface area contributed by atoms with Crippen LogP contribution < -0.4 is 16.0 Å². The molecule has 0 aliphatic heterocycles. The number of aryl methyl sites for hydroxylation is 1. The van der Waals surface area contributed by atoms with E-state index in [2.05, 4.69) is 20.4 Å². The molecule has 0 bridgehead atoms. The first kappa shape index (κ1) is 11.3. The third kappa shape index (κ3) is 2.48. The van der Waals surface area contributed by atoms with Crippen LogP contribution in [0.5, 0.6) is 5.88 Å². The number of ether oxygens (including phenoxy) is 1. The molecule has 0 amide bonds. The molecule has 88 valence electrons. The van der Waals surface area contributed by atoms with Gasteiger partial charge in [0.05, 0.1) is 7.11 Å². The summed E-state index contributed by atoms with van der Waals surface area (Å²) in [7, 11) is 1.57. The monoisotopic (exact) mass is 231 g/mol. The van der Waals surface area contributed by atoms with Crippen LogP contribution in [0.25, 0.3) is 11.4 Å². The van der Waals surface area contributed by atoms with Gasteiger partial charge in [0.15, 0.2) is 5.82 Å². The first-order valence-electron chi connectivity index (χ1n) is 5.05. The Morgan fingerprint density at radius 2 is 2.12 bits per heavy atom. The number of aromatic nitrogens is 3. The maximum atomic E-state index is 5.34. The van der Waals surface area contributed by atoms with E-state index in [1.165, 1.54) is 0 Å². The summed E-state index contributed by atoms with van der Waals surface area (Å²) in [6.45, 7) is 1.88. The molecule has 0 aliphatic carbocycles. The van der Waals surface area contributed by atoms with E-state index < -0.39 is 0 Å². The van der Waals surface area contributed by atoms with E-state index in [1.54, 1.807) is 25.4 Å². The van der Waals surface area contributed by atoms with Crippen molar-refractivity contribution in [2.45, 2.75) is 6.92 Å². The molecule has 3 N–H and O–H groups in total. The van der Waals surface area contributed by atoms with Gasteiger partial charge in [0.2, 0.25) is 5.88 Å². The van der Waals surface area contributed by atoms with E-state index in [9.17, 15) is 0 Å². The lowest BCUT2D eigenvalue weighted by Crippen LogP contribution is -2.10. The molecular weight excluding hydrogens is 218 g/mol. The Morgan fingerprint density at radius 1 is 1.29 bits per heavy atom. The summed E-state index contributed by atoms with van der Waals surface area (Å²) in [5.74, 6) is 7.04. The van der Waals surface area contributed by atoms with Gasteiger partial charge in [-0.05, 0) is 13.0 Å². The van der Waals surface area contributed by atoms with E-state index >= 15 is 0 Å². The molecule has 0 atom stereocenters. The molecule has 0 radical (unpaired) electrons. The number of hydrogen-bond acceptors (Lipinski definition) is 6. The van der Waals surface area contributed by atoms with Crippen LogP contribution >= 0.6 is 0 Å². The minimum atomic E-state index is 0.554. The van der Waals surface area contributed by atoms with Crippen molar-refractivity contribution in [1.82, 2.24) is 15.0 Å². The van der Waals surface area contributed by atoms with Gasteiger partial charge in [0, 0.05) is 29.6 Å². The van der Waals surface area contributed by atoms with Crippen LogP contribution in [0.1, 0.15) is 5.69 Å². The van der Waals surface area contributed by atoms with Crippen molar-refractivity contribution < 1.29 is 4.74 Å². The maximum absolute atomic E-state index is 5.34. The highest BCUT2D eigenvalue weighted by atomic mass is 16.5. The molecule has 0 aliphatic rings. The highest BCUT2D eigenvalue weighted by Gasteiger charge is 2.05. The minimum absolute atomic E-state index is 0.554. The van der Waals surface area contributed by atoms with Crippen LogP contribution in [0.4, 0.5) is 5.82 Å². The average molecular weight is 231 g/mol. The fourth-order valence-electron chi connectivity index (χ4n) is 1.40. The Bertz CT molecular complexity index is 512. The largest absolute Gasteiger partial charge is 0.481 e. The van der Waals surface area contributed by atoms with E-state index in [-0.39, 0.29) is 0 Å². The third-order valence-corrected chi connectivity index (χ3v) is 2.21. The number of hydrogen-bond donors (Lipinski definition) is 2. The van der Waals surface area contributed by atoms with Crippen molar-refractivity contribution in [1.29, 1.82) is 0 Å². The van der Waals surface area contributed by atoms with E-state index in [4.69, 9.17) is 10.6 Å². The molecule has 0 saturated carbocycles. The van der Waals surface area contributed by atoms with Gasteiger partial charge in [-0.1, -0.05) is 0 Å². The second-order valence-electron chi connectivity index (χ2n) is 3.45. The molecule has 17 heavy (non-hydrogen) atoms. The van der Waals surface area contributed by atoms with Gasteiger partial charge in [-0.15, -0.1) is 0 Å². The molecule has 2 heterocycles. The number of nitrogens with two attached hydrogens (primary N) is 1. The number of nitrogen functional groups attached to an aromatic ring is 1. The predicted molar refractivity (Wildman–Crippen MR) is 64.4 cm³/mol. The SMILES string of the molecule is COc1ccc(-c2nc(C)cc(NN)n2)cn1. The van der Waals surface area contributed by atoms with Gasteiger partial charge < -0.3 is 10.2 Å². The molecule has 0 aromatic carbocycles. The Balaban J connectivity index is 2.41. The van der Waals surface area contributed by atoms with Crippen LogP contribution in [0.15, 0.2) is 24.4 Å². The molecule has 0 saturated heterocycles. The molecule has 2 aromatic rings. The molecule has 2 rings (SSSR count). The highest BCUT2D eigenvalue weighted by molar-refractivity contribution is 5.56. The quantitative estimate of drug-likeness (QED) is 0.608. The van der Waals surface area contributed by atoms with Crippen LogP contribution in [-0.2, 0) is 0 Å². The normalized spacial score (nSPS) is 10.1. The molecule has 6 nitrogen and oxygen atoms in total. The Labute approximate surface area is 98.9 Å². The van der Waals surface area contributed by atoms with Gasteiger partial charge >= 0.3 is 0 Å². The summed E-state index contributed by atoms with van der Waals surface area (Å²) in [4.78, 5) is 12.7. The van der Waals surface area contributed by atoms with Crippen LogP contribution in [-0.4, -0.2) is 22.1 Å². The molecule has 0 unspecified atom stereocenters. The Morgan fingerprint density at radius 3 is 2.71 bits per heavy atom. The number of methoxy groups -OCH3 is 1. The third-order valence-electron chi connectivity index (χ3n) is 2.21. The summed E-state index contributed by atoms with van der Waals surface area (Å²) in [6, 6.07) is 5.37. The van der Waals surface area contributed by atoms with E-state index in [0.29, 0.717) is 17.5 Å². The molecule has 6 heteroatoms. The lowest BCUT2D eigenvalue weighted by molar-refractivity contribution is 0.398. The maximum Gasteiger partial charge on any atom is 0.212 e. The van der Waals surface area contributed by atoms with Crippen molar-refractivity contribution in [3.8, 4) is 17.3 Å². The number of anilines is 1. The number of pyridine rings is 1. The van der Waals surface area contributed by atoms with Crippen molar-refractivity contribution in [3.05, 3.63) is 30.1 Å². The van der Waals surface area contributed by atoms with E-state index in [0.717, 1.165) is 11.3 Å². The second-order valence-corrected chi connectivity index (χ2v) is 3.45. The van der Waals surface area contributed by atoms with E-state index in [1.807, 2.05) is 13.0 Å². The zero-order valence-electron chi connectivity index (χ0n) is 9.64. The zero-order valence-corrected chi connectivity index (χ0v) is 9.64. The second kappa shape index (κ2) is 4.75. The summed E-state index contributed by atoms with van der Waals surface area (Å²) in [5.41, 5.74) is 4.15. The highest BCUT2D eigenvalue weighted by Crippen LogP contribution is 2.18. The van der Waals surface area contributed by atoms with Gasteiger partial charge in [0.25, 0.3) is 0 Å². The summed E-state index contributed by atoms with van der Waals surface area (Å²) in [5, 5.41) is 0. The van der Waals surface area contributed by atoms with Gasteiger partial charge in [-0.25, -0.2) is 20.8 Å². The van der Waals surface area contributed by atoms with Gasteiger partial charge in [-0.2, -0.15) is 0 Å². The molecule has 0 fully saturated rings. The van der Waals surface area contributed by atoms with Crippen molar-refractivity contribution in [3.63, 3.8) is 0 Å². The summed E-state index contributed by atoms with van der Waals surface area (Å²) < 4.78 is 4.99. The van der Waals surface area contributed by atoms with Crippen molar-refractivity contribution in [2.24, 2.45) is 5.84 Å². The van der Waals surface area contributed by atoms with Crippen LogP contribution in [0, 0.1) is 6.92 Å². The predicted octanol–water partition coefficient (Wildman–Crippen LogP) is 1.14. The molecular formula is C11H13N5O. The summed E-state index contributed by atoms with van der Waals surface area (Å²) >= 11 is 0. The topological polar surface area (TPSA) is 86.0 Å². The Hall–Kier alpha value is -2.21. The van der Waals surface area contributed by atoms with Crippen LogP contribution in [0.3, 0.4) is 0 Å². The fourth-order valence-corrected chi connectivity index (χ4v) is 1.40. The van der Waals surface area contributed by atoms with Crippen LogP contribution in [0.2, 0.25) is 0 Å². The number of hydrazine groups is 1. The Kier molecular flexibility index (Phi) is 3.15. The minimum Gasteiger partial charge on any atom is -0.481 e. The smallest absolute Gasteiger partial charge is 0.212 e. The average Bonchev–Trinajstić information content (AvgIpc) is 2.38. The first-order chi connectivity index (χ1) is 8.22. The fraction of sp³-hybridized carbons (Fsp3) is 0.182. The lowest BCUT2D eigenvalue weighted by Gasteiger charge is -2.05. The standard InChI is InChI=1S/C11H13N5O/c1-7-5-9(16-12)15-11(14-7)8-3-4-10(17-2)13-6-8/h3-6H,12H2,1-2H3,(H,14,15,16). The van der Waals surface area contributed by atoms with Gasteiger partial charge in [0.1, 0.15) is 5.82 Å². The van der Waals surface area contributed by atoms with Crippen molar-refractivity contribution in [2.75, 3.05) is 12.5 Å². The number of nitrogens with one attached hydrogen (secondary N) is 1. The van der Waals surface area contributed by atoms with Crippen molar-refractivity contribution >= 4 is 5.82 Å².